The van der Waals surface area contributed by atoms with E-state index in [0.717, 1.165) is 28.6 Å². The second-order valence-electron chi connectivity index (χ2n) is 8.58. The van der Waals surface area contributed by atoms with Crippen molar-refractivity contribution in [3.05, 3.63) is 107 Å². The zero-order chi connectivity index (χ0) is 25.9. The lowest BCUT2D eigenvalue weighted by molar-refractivity contribution is 0.586. The number of anilines is 3. The number of pyridine rings is 1. The van der Waals surface area contributed by atoms with Crippen molar-refractivity contribution >= 4 is 39.9 Å². The van der Waals surface area contributed by atoms with Crippen LogP contribution in [0.4, 0.5) is 25.8 Å². The molecule has 0 spiro atoms. The van der Waals surface area contributed by atoms with E-state index in [9.17, 15) is 13.6 Å². The summed E-state index contributed by atoms with van der Waals surface area (Å²) in [5, 5.41) is 8.36. The number of halogens is 2. The first-order valence-corrected chi connectivity index (χ1v) is 12.8. The summed E-state index contributed by atoms with van der Waals surface area (Å²) in [5.74, 6) is -0.486. The Bertz CT molecular complexity index is 1630. The largest absolute Gasteiger partial charge is 0.353 e. The predicted octanol–water partition coefficient (Wildman–Crippen LogP) is 6.55. The van der Waals surface area contributed by atoms with E-state index >= 15 is 0 Å². The van der Waals surface area contributed by atoms with Crippen LogP contribution in [0, 0.1) is 11.6 Å². The normalized spacial score (nSPS) is 11.1. The summed E-state index contributed by atoms with van der Waals surface area (Å²) >= 11 is 1.55. The molecule has 0 atom stereocenters. The van der Waals surface area contributed by atoms with Gasteiger partial charge in [-0.05, 0) is 35.9 Å². The smallest absolute Gasteiger partial charge is 0.261 e. The number of aryl methyl sites for hydroxylation is 1. The molecule has 5 rings (SSSR count). The summed E-state index contributed by atoms with van der Waals surface area (Å²) in [7, 11) is 1.70. The van der Waals surface area contributed by atoms with Gasteiger partial charge in [-0.3, -0.25) is 9.48 Å². The van der Waals surface area contributed by atoms with E-state index in [1.807, 2.05) is 55.5 Å². The van der Waals surface area contributed by atoms with Crippen LogP contribution in [0.3, 0.4) is 0 Å². The Morgan fingerprint density at radius 2 is 1.73 bits per heavy atom. The lowest BCUT2D eigenvalue weighted by Gasteiger charge is -2.16. The quantitative estimate of drug-likeness (QED) is 0.229. The SMILES string of the molecule is CCSNc1ccc(Nc2ccc(F)cc2F)c(-c2cn(C)c(=O)c3cn(Cc4ccccc4)nc23)c1. The fourth-order valence-electron chi connectivity index (χ4n) is 4.16. The summed E-state index contributed by atoms with van der Waals surface area (Å²) in [6, 6.07) is 18.9. The molecule has 37 heavy (non-hydrogen) atoms. The van der Waals surface area contributed by atoms with Crippen molar-refractivity contribution in [2.45, 2.75) is 13.5 Å². The van der Waals surface area contributed by atoms with Crippen LogP contribution in [-0.2, 0) is 13.6 Å². The van der Waals surface area contributed by atoms with E-state index in [0.29, 0.717) is 28.7 Å². The maximum Gasteiger partial charge on any atom is 0.261 e. The second-order valence-corrected chi connectivity index (χ2v) is 9.65. The standard InChI is InChI=1S/C28H25F2N5OS/c1-3-37-33-20-10-12-25(31-26-11-9-19(29)13-24(26)30)21(14-20)22-16-34(2)28(36)23-17-35(32-27(22)23)15-18-7-5-4-6-8-18/h4-14,16-17,31,33H,3,15H2,1-2H3. The number of fused-ring (bicyclic) bond motifs is 1. The van der Waals surface area contributed by atoms with Crippen LogP contribution in [0.5, 0.6) is 0 Å². The number of hydrogen-bond acceptors (Lipinski definition) is 5. The molecule has 9 heteroatoms. The molecule has 3 aromatic carbocycles. The van der Waals surface area contributed by atoms with Gasteiger partial charge in [-0.25, -0.2) is 8.78 Å². The molecule has 0 fully saturated rings. The van der Waals surface area contributed by atoms with Crippen LogP contribution < -0.4 is 15.6 Å². The molecule has 0 aliphatic heterocycles. The molecule has 5 aromatic rings. The lowest BCUT2D eigenvalue weighted by Crippen LogP contribution is -2.16. The van der Waals surface area contributed by atoms with Crippen LogP contribution in [0.1, 0.15) is 12.5 Å². The molecule has 0 saturated heterocycles. The third-order valence-corrected chi connectivity index (χ3v) is 6.59. The Kier molecular flexibility index (Phi) is 6.96. The minimum atomic E-state index is -0.701. The fraction of sp³-hybridized carbons (Fsp3) is 0.143. The minimum Gasteiger partial charge on any atom is -0.353 e. The zero-order valence-corrected chi connectivity index (χ0v) is 21.2. The Labute approximate surface area is 217 Å². The van der Waals surface area contributed by atoms with E-state index in [1.54, 1.807) is 36.1 Å². The maximum atomic E-state index is 14.5. The molecule has 0 unspecified atom stereocenters. The van der Waals surface area contributed by atoms with Gasteiger partial charge in [0.1, 0.15) is 17.2 Å². The minimum absolute atomic E-state index is 0.141. The molecule has 0 radical (unpaired) electrons. The van der Waals surface area contributed by atoms with Crippen molar-refractivity contribution in [1.82, 2.24) is 14.3 Å². The van der Waals surface area contributed by atoms with Crippen molar-refractivity contribution in [1.29, 1.82) is 0 Å². The lowest BCUT2D eigenvalue weighted by atomic mass is 10.0. The summed E-state index contributed by atoms with van der Waals surface area (Å²) in [6.45, 7) is 2.56. The molecule has 0 amide bonds. The first-order chi connectivity index (χ1) is 17.9. The summed E-state index contributed by atoms with van der Waals surface area (Å²) in [6.07, 6.45) is 3.50. The van der Waals surface area contributed by atoms with Gasteiger partial charge >= 0.3 is 0 Å². The number of nitrogens with one attached hydrogen (secondary N) is 2. The van der Waals surface area contributed by atoms with E-state index in [4.69, 9.17) is 5.10 Å². The average molecular weight is 518 g/mol. The first-order valence-electron chi connectivity index (χ1n) is 11.8. The van der Waals surface area contributed by atoms with E-state index in [-0.39, 0.29) is 11.2 Å². The van der Waals surface area contributed by atoms with Gasteiger partial charge < -0.3 is 14.6 Å². The summed E-state index contributed by atoms with van der Waals surface area (Å²) < 4.78 is 34.6. The molecule has 2 heterocycles. The van der Waals surface area contributed by atoms with E-state index in [2.05, 4.69) is 10.0 Å². The van der Waals surface area contributed by atoms with Crippen LogP contribution in [0.2, 0.25) is 0 Å². The molecule has 0 saturated carbocycles. The second kappa shape index (κ2) is 10.5. The van der Waals surface area contributed by atoms with Gasteiger partial charge in [0, 0.05) is 53.8 Å². The van der Waals surface area contributed by atoms with Crippen LogP contribution >= 0.6 is 11.9 Å². The molecular weight excluding hydrogens is 492 g/mol. The van der Waals surface area contributed by atoms with Gasteiger partial charge in [0.15, 0.2) is 0 Å². The van der Waals surface area contributed by atoms with Crippen molar-refractivity contribution in [2.75, 3.05) is 15.8 Å². The molecule has 0 aliphatic rings. The van der Waals surface area contributed by atoms with Crippen LogP contribution in [-0.4, -0.2) is 20.1 Å². The highest BCUT2D eigenvalue weighted by Crippen LogP contribution is 2.37. The summed E-state index contributed by atoms with van der Waals surface area (Å²) in [5.41, 5.74) is 4.45. The molecule has 2 aromatic heterocycles. The zero-order valence-electron chi connectivity index (χ0n) is 20.3. The Morgan fingerprint density at radius 3 is 2.49 bits per heavy atom. The molecule has 0 bridgehead atoms. The topological polar surface area (TPSA) is 63.9 Å². The average Bonchev–Trinajstić information content (AvgIpc) is 3.31. The maximum absolute atomic E-state index is 14.5. The number of aromatic nitrogens is 3. The van der Waals surface area contributed by atoms with Gasteiger partial charge in [-0.15, -0.1) is 0 Å². The van der Waals surface area contributed by atoms with E-state index < -0.39 is 11.6 Å². The van der Waals surface area contributed by atoms with Crippen molar-refractivity contribution in [3.8, 4) is 11.1 Å². The van der Waals surface area contributed by atoms with Gasteiger partial charge in [0.05, 0.1) is 17.6 Å². The molecule has 2 N–H and O–H groups in total. The van der Waals surface area contributed by atoms with Gasteiger partial charge in [-0.2, -0.15) is 5.10 Å². The van der Waals surface area contributed by atoms with Crippen molar-refractivity contribution < 1.29 is 8.78 Å². The van der Waals surface area contributed by atoms with Gasteiger partial charge in [-0.1, -0.05) is 49.2 Å². The van der Waals surface area contributed by atoms with Crippen molar-refractivity contribution in [2.24, 2.45) is 7.05 Å². The van der Waals surface area contributed by atoms with Crippen LogP contribution in [0.15, 0.2) is 83.9 Å². The predicted molar refractivity (Wildman–Crippen MR) is 147 cm³/mol. The number of nitrogens with zero attached hydrogens (tertiary/aromatic N) is 3. The third kappa shape index (κ3) is 5.22. The van der Waals surface area contributed by atoms with Gasteiger partial charge in [0.2, 0.25) is 0 Å². The van der Waals surface area contributed by atoms with Crippen LogP contribution in [0.25, 0.3) is 22.0 Å². The fourth-order valence-corrected chi connectivity index (χ4v) is 4.60. The van der Waals surface area contributed by atoms with E-state index in [1.165, 1.54) is 16.7 Å². The highest BCUT2D eigenvalue weighted by Gasteiger charge is 2.18. The number of benzene rings is 3. The Morgan fingerprint density at radius 1 is 0.946 bits per heavy atom. The Balaban J connectivity index is 1.66. The Hall–Kier alpha value is -4.11. The summed E-state index contributed by atoms with van der Waals surface area (Å²) in [4.78, 5) is 13.0. The monoisotopic (exact) mass is 517 g/mol. The van der Waals surface area contributed by atoms with Crippen molar-refractivity contribution in [3.63, 3.8) is 0 Å². The number of rotatable bonds is 8. The highest BCUT2D eigenvalue weighted by molar-refractivity contribution is 8.00. The molecule has 188 valence electrons. The third-order valence-electron chi connectivity index (χ3n) is 5.92. The molecular formula is C28H25F2N5OS. The first kappa shape index (κ1) is 24.6. The van der Waals surface area contributed by atoms with Gasteiger partial charge in [0.25, 0.3) is 5.56 Å². The molecule has 0 aliphatic carbocycles. The highest BCUT2D eigenvalue weighted by atomic mass is 32.2. The number of hydrogen-bond donors (Lipinski definition) is 2. The molecule has 6 nitrogen and oxygen atoms in total.